The van der Waals surface area contributed by atoms with Gasteiger partial charge in [0, 0.05) is 11.3 Å². The molecule has 0 spiro atoms. The Morgan fingerprint density at radius 1 is 1.15 bits per heavy atom. The Kier molecular flexibility index (Phi) is 6.40. The lowest BCUT2D eigenvalue weighted by Crippen LogP contribution is -2.46. The van der Waals surface area contributed by atoms with Gasteiger partial charge >= 0.3 is 0 Å². The molecule has 1 saturated heterocycles. The van der Waals surface area contributed by atoms with Gasteiger partial charge in [-0.05, 0) is 63.6 Å². The molecule has 0 amide bonds. The van der Waals surface area contributed by atoms with Crippen LogP contribution in [0.5, 0.6) is 0 Å². The van der Waals surface area contributed by atoms with Gasteiger partial charge in [0.1, 0.15) is 0 Å². The lowest BCUT2D eigenvalue weighted by atomic mass is 9.95. The van der Waals surface area contributed by atoms with Gasteiger partial charge in [-0.15, -0.1) is 0 Å². The number of aryl methyl sites for hydroxylation is 1. The van der Waals surface area contributed by atoms with E-state index >= 15 is 0 Å². The topological polar surface area (TPSA) is 29.3 Å². The predicted molar refractivity (Wildman–Crippen MR) is 90.4 cm³/mol. The summed E-state index contributed by atoms with van der Waals surface area (Å²) < 4.78 is 0.362. The summed E-state index contributed by atoms with van der Waals surface area (Å²) in [7, 11) is 0. The molecule has 1 aromatic carbocycles. The van der Waals surface area contributed by atoms with Crippen molar-refractivity contribution in [2.75, 3.05) is 32.4 Å². The number of rotatable bonds is 7. The average molecular weight is 292 g/mol. The van der Waals surface area contributed by atoms with Crippen molar-refractivity contribution in [2.45, 2.75) is 36.9 Å². The van der Waals surface area contributed by atoms with E-state index in [1.54, 1.807) is 0 Å². The quantitative estimate of drug-likeness (QED) is 0.783. The zero-order valence-electron chi connectivity index (χ0n) is 12.7. The van der Waals surface area contributed by atoms with Gasteiger partial charge in [0.05, 0.1) is 0 Å². The minimum atomic E-state index is 0.362. The molecule has 2 rings (SSSR count). The van der Waals surface area contributed by atoms with E-state index in [0.717, 1.165) is 6.54 Å². The molecule has 0 radical (unpaired) electrons. The molecule has 1 fully saturated rings. The van der Waals surface area contributed by atoms with Gasteiger partial charge in [0.25, 0.3) is 0 Å². The third-order valence-corrected chi connectivity index (χ3v) is 6.05. The highest BCUT2D eigenvalue weighted by molar-refractivity contribution is 8.00. The third kappa shape index (κ3) is 4.51. The zero-order valence-corrected chi connectivity index (χ0v) is 13.5. The largest absolute Gasteiger partial charge is 0.329 e. The van der Waals surface area contributed by atoms with Crippen molar-refractivity contribution in [3.63, 3.8) is 0 Å². The molecule has 2 nitrogen and oxygen atoms in total. The summed E-state index contributed by atoms with van der Waals surface area (Å²) in [4.78, 5) is 2.62. The van der Waals surface area contributed by atoms with Crippen molar-refractivity contribution in [1.82, 2.24) is 4.90 Å². The van der Waals surface area contributed by atoms with E-state index in [4.69, 9.17) is 5.73 Å². The molecule has 0 bridgehead atoms. The Balaban J connectivity index is 1.62. The first-order valence-electron chi connectivity index (χ1n) is 7.79. The Hall–Kier alpha value is -0.510. The lowest BCUT2D eigenvalue weighted by molar-refractivity contribution is 0.199. The summed E-state index contributed by atoms with van der Waals surface area (Å²) in [5.74, 6) is 0. The Morgan fingerprint density at radius 3 is 2.45 bits per heavy atom. The van der Waals surface area contributed by atoms with Crippen LogP contribution in [0.4, 0.5) is 0 Å². The minimum absolute atomic E-state index is 0.362. The summed E-state index contributed by atoms with van der Waals surface area (Å²) in [5, 5.41) is 0. The maximum absolute atomic E-state index is 5.94. The fourth-order valence-corrected chi connectivity index (χ4v) is 3.74. The van der Waals surface area contributed by atoms with Crippen molar-refractivity contribution in [3.8, 4) is 0 Å². The third-order valence-electron chi connectivity index (χ3n) is 4.60. The first kappa shape index (κ1) is 15.9. The van der Waals surface area contributed by atoms with Crippen LogP contribution in [-0.2, 0) is 6.42 Å². The first-order valence-corrected chi connectivity index (χ1v) is 9.02. The first-order chi connectivity index (χ1) is 9.78. The second-order valence-corrected chi connectivity index (χ2v) is 7.15. The molecule has 1 aliphatic heterocycles. The van der Waals surface area contributed by atoms with Crippen molar-refractivity contribution >= 4 is 11.8 Å². The number of nitrogens with two attached hydrogens (primary N) is 1. The van der Waals surface area contributed by atoms with Crippen LogP contribution in [0.2, 0.25) is 0 Å². The van der Waals surface area contributed by atoms with Gasteiger partial charge in [0.15, 0.2) is 0 Å². The summed E-state index contributed by atoms with van der Waals surface area (Å²) in [6.45, 7) is 4.53. The number of hydrogen-bond acceptors (Lipinski definition) is 3. The van der Waals surface area contributed by atoms with Crippen molar-refractivity contribution in [3.05, 3.63) is 35.9 Å². The van der Waals surface area contributed by atoms with Crippen LogP contribution < -0.4 is 5.73 Å². The highest BCUT2D eigenvalue weighted by atomic mass is 32.2. The molecule has 1 heterocycles. The molecule has 0 aliphatic carbocycles. The van der Waals surface area contributed by atoms with Crippen LogP contribution in [0.1, 0.15) is 31.2 Å². The van der Waals surface area contributed by atoms with Gasteiger partial charge in [-0.1, -0.05) is 30.3 Å². The molecule has 0 aromatic heterocycles. The van der Waals surface area contributed by atoms with E-state index in [0.29, 0.717) is 4.75 Å². The van der Waals surface area contributed by atoms with E-state index in [9.17, 15) is 0 Å². The van der Waals surface area contributed by atoms with E-state index in [1.807, 2.05) is 11.8 Å². The Bertz CT molecular complexity index is 366. The van der Waals surface area contributed by atoms with E-state index in [2.05, 4.69) is 41.5 Å². The predicted octanol–water partition coefficient (Wildman–Crippen LogP) is 3.17. The van der Waals surface area contributed by atoms with E-state index < -0.39 is 0 Å². The number of hydrogen-bond donors (Lipinski definition) is 1. The summed E-state index contributed by atoms with van der Waals surface area (Å²) in [6, 6.07) is 10.8. The normalized spacial score (nSPS) is 19.1. The molecule has 20 heavy (non-hydrogen) atoms. The van der Waals surface area contributed by atoms with Crippen LogP contribution in [0.15, 0.2) is 30.3 Å². The molecule has 0 saturated carbocycles. The van der Waals surface area contributed by atoms with Crippen LogP contribution in [-0.4, -0.2) is 42.1 Å². The fraction of sp³-hybridized carbons (Fsp3) is 0.647. The number of piperidine rings is 1. The van der Waals surface area contributed by atoms with Crippen molar-refractivity contribution in [1.29, 1.82) is 0 Å². The van der Waals surface area contributed by atoms with Crippen molar-refractivity contribution < 1.29 is 0 Å². The molecule has 3 heteroatoms. The summed E-state index contributed by atoms with van der Waals surface area (Å²) in [5.41, 5.74) is 7.41. The second-order valence-electron chi connectivity index (χ2n) is 5.88. The number of benzene rings is 1. The monoisotopic (exact) mass is 292 g/mol. The van der Waals surface area contributed by atoms with Gasteiger partial charge in [-0.25, -0.2) is 0 Å². The van der Waals surface area contributed by atoms with Gasteiger partial charge in [-0.2, -0.15) is 11.8 Å². The summed E-state index contributed by atoms with van der Waals surface area (Å²) >= 11 is 1.97. The van der Waals surface area contributed by atoms with Crippen LogP contribution in [0.3, 0.4) is 0 Å². The maximum Gasteiger partial charge on any atom is 0.0303 e. The van der Waals surface area contributed by atoms with Crippen LogP contribution in [0.25, 0.3) is 0 Å². The molecular weight excluding hydrogens is 264 g/mol. The van der Waals surface area contributed by atoms with Gasteiger partial charge in [0.2, 0.25) is 0 Å². The molecule has 112 valence electrons. The SMILES string of the molecule is CSC1(CN)CCN(CCCCc2ccccc2)CC1. The fourth-order valence-electron chi connectivity index (χ4n) is 2.98. The second kappa shape index (κ2) is 8.06. The van der Waals surface area contributed by atoms with E-state index in [1.165, 1.54) is 57.3 Å². The van der Waals surface area contributed by atoms with Crippen LogP contribution >= 0.6 is 11.8 Å². The summed E-state index contributed by atoms with van der Waals surface area (Å²) in [6.07, 6.45) is 8.54. The average Bonchev–Trinajstić information content (AvgIpc) is 2.53. The molecule has 2 N–H and O–H groups in total. The number of likely N-dealkylation sites (tertiary alicyclic amines) is 1. The molecular formula is C17H28N2S. The van der Waals surface area contributed by atoms with Gasteiger partial charge < -0.3 is 10.6 Å². The molecule has 1 aliphatic rings. The highest BCUT2D eigenvalue weighted by Crippen LogP contribution is 2.33. The van der Waals surface area contributed by atoms with E-state index in [-0.39, 0.29) is 0 Å². The van der Waals surface area contributed by atoms with Gasteiger partial charge in [-0.3, -0.25) is 0 Å². The number of unbranched alkanes of at least 4 members (excludes halogenated alkanes) is 1. The smallest absolute Gasteiger partial charge is 0.0303 e. The van der Waals surface area contributed by atoms with Crippen LogP contribution in [0, 0.1) is 0 Å². The van der Waals surface area contributed by atoms with Crippen molar-refractivity contribution in [2.24, 2.45) is 5.73 Å². The molecule has 0 atom stereocenters. The Morgan fingerprint density at radius 2 is 1.85 bits per heavy atom. The Labute approximate surface area is 128 Å². The number of thioether (sulfide) groups is 1. The highest BCUT2D eigenvalue weighted by Gasteiger charge is 2.32. The zero-order chi connectivity index (χ0) is 14.3. The standard InChI is InChI=1S/C17H28N2S/c1-20-17(15-18)10-13-19(14-11-17)12-6-5-9-16-7-3-2-4-8-16/h2-4,7-8H,5-6,9-15,18H2,1H3. The molecule has 0 unspecified atom stereocenters. The minimum Gasteiger partial charge on any atom is -0.329 e. The molecule has 1 aromatic rings. The lowest BCUT2D eigenvalue weighted by Gasteiger charge is -2.40. The maximum atomic E-state index is 5.94. The number of nitrogens with zero attached hydrogens (tertiary/aromatic N) is 1.